The first kappa shape index (κ1) is 37.5. The van der Waals surface area contributed by atoms with E-state index in [0.29, 0.717) is 0 Å². The number of H-pyrrole nitrogens is 2. The van der Waals surface area contributed by atoms with Crippen LogP contribution in [0.2, 0.25) is 0 Å². The zero-order valence-corrected chi connectivity index (χ0v) is 35.7. The van der Waals surface area contributed by atoms with E-state index in [2.05, 4.69) is 240 Å². The van der Waals surface area contributed by atoms with E-state index in [0.717, 1.165) is 22.2 Å². The van der Waals surface area contributed by atoms with Crippen molar-refractivity contribution in [3.63, 3.8) is 0 Å². The zero-order chi connectivity index (χ0) is 42.8. The third kappa shape index (κ3) is 6.18. The minimum absolute atomic E-state index is 0.0993. The molecule has 1 aliphatic heterocycles. The highest BCUT2D eigenvalue weighted by atomic mass is 15.2. The largest absolute Gasteiger partial charge is 0.354 e. The number of rotatable bonds is 4. The summed E-state index contributed by atoms with van der Waals surface area (Å²) >= 11 is 0. The maximum Gasteiger partial charge on any atom is 0.0999 e. The third-order valence-corrected chi connectivity index (χ3v) is 13.3. The molecule has 3 heterocycles. The number of hydrogen-bond donors (Lipinski definition) is 2. The Bertz CT molecular complexity index is 3700. The first-order chi connectivity index (χ1) is 31.5. The average Bonchev–Trinajstić information content (AvgIpc) is 3.96. The summed E-state index contributed by atoms with van der Waals surface area (Å²) in [6, 6.07) is 78.3. The van der Waals surface area contributed by atoms with Crippen molar-refractivity contribution in [1.82, 2.24) is 15.2 Å². The molecule has 1 aliphatic rings. The molecule has 0 spiro atoms. The quantitative estimate of drug-likeness (QED) is 0.186. The molecular weight excluding hydrogens is 777 g/mol. The fourth-order valence-electron chi connectivity index (χ4n) is 10.1. The Morgan fingerprint density at radius 1 is 0.406 bits per heavy atom. The van der Waals surface area contributed by atoms with Crippen molar-refractivity contribution in [1.29, 1.82) is 0 Å². The molecule has 304 valence electrons. The van der Waals surface area contributed by atoms with Crippen LogP contribution in [0.1, 0.15) is 25.0 Å². The lowest BCUT2D eigenvalue weighted by molar-refractivity contribution is 0.632. The van der Waals surface area contributed by atoms with Crippen molar-refractivity contribution in [3.05, 3.63) is 230 Å². The van der Waals surface area contributed by atoms with Crippen LogP contribution in [0.25, 0.3) is 87.8 Å². The predicted molar refractivity (Wildman–Crippen MR) is 270 cm³/mol. The molecule has 10 aromatic carbocycles. The highest BCUT2D eigenvalue weighted by Gasteiger charge is 2.36. The Morgan fingerprint density at radius 3 is 1.88 bits per heavy atom. The molecular formula is C60H44N4. The highest BCUT2D eigenvalue weighted by Crippen LogP contribution is 2.52. The fourth-order valence-corrected chi connectivity index (χ4v) is 10.1. The average molecular weight is 821 g/mol. The van der Waals surface area contributed by atoms with E-state index in [9.17, 15) is 0 Å². The lowest BCUT2D eigenvalue weighted by Crippen LogP contribution is -2.30. The van der Waals surface area contributed by atoms with E-state index in [1.807, 2.05) is 12.1 Å². The van der Waals surface area contributed by atoms with Gasteiger partial charge < -0.3 is 9.88 Å². The molecule has 0 saturated carbocycles. The van der Waals surface area contributed by atoms with Gasteiger partial charge in [0, 0.05) is 43.9 Å². The smallest absolute Gasteiger partial charge is 0.0999 e. The number of hydrogen-bond acceptors (Lipinski definition) is 2. The van der Waals surface area contributed by atoms with Crippen molar-refractivity contribution in [2.24, 2.45) is 0 Å². The van der Waals surface area contributed by atoms with Gasteiger partial charge >= 0.3 is 0 Å². The van der Waals surface area contributed by atoms with E-state index in [-0.39, 0.29) is 5.41 Å². The molecule has 12 aromatic rings. The number of nitrogens with zero attached hydrogens (tertiary/aromatic N) is 2. The minimum atomic E-state index is -0.0993. The maximum atomic E-state index is 4.49. The van der Waals surface area contributed by atoms with E-state index < -0.39 is 0 Å². The molecule has 4 heteroatoms. The van der Waals surface area contributed by atoms with Crippen molar-refractivity contribution >= 4 is 71.3 Å². The summed E-state index contributed by atoms with van der Waals surface area (Å²) in [5.74, 6) is 0. The van der Waals surface area contributed by atoms with Crippen molar-refractivity contribution in [2.45, 2.75) is 19.3 Å². The summed E-state index contributed by atoms with van der Waals surface area (Å²) in [6.45, 7) is 4.68. The summed E-state index contributed by atoms with van der Waals surface area (Å²) in [4.78, 5) is 6.12. The summed E-state index contributed by atoms with van der Waals surface area (Å²) in [5.41, 5.74) is 16.7. The molecule has 2 N–H and O–H groups in total. The van der Waals surface area contributed by atoms with Crippen molar-refractivity contribution < 1.29 is 0 Å². The van der Waals surface area contributed by atoms with Gasteiger partial charge in [-0.15, -0.1) is 0 Å². The van der Waals surface area contributed by atoms with Crippen LogP contribution in [0.3, 0.4) is 0 Å². The van der Waals surface area contributed by atoms with Crippen LogP contribution in [-0.4, -0.2) is 15.2 Å². The SMILES string of the molecule is CC1(C)c2ccccc2N(c2ccccc2)c2cc(-c3ccc4c(c3)[nH]c3ccc5ccccc5c34)ccc21.c1ccc2c(-c3ccc(-c4n[nH]c5ccccc45)cc3)cccc2c1. The highest BCUT2D eigenvalue weighted by molar-refractivity contribution is 6.20. The summed E-state index contributed by atoms with van der Waals surface area (Å²) in [6.07, 6.45) is 0. The predicted octanol–water partition coefficient (Wildman–Crippen LogP) is 16.3. The first-order valence-electron chi connectivity index (χ1n) is 22.0. The number of anilines is 3. The second-order valence-corrected chi connectivity index (χ2v) is 17.4. The zero-order valence-electron chi connectivity index (χ0n) is 35.7. The Balaban J connectivity index is 0.000000149. The number of para-hydroxylation sites is 3. The number of aromatic nitrogens is 3. The van der Waals surface area contributed by atoms with Gasteiger partial charge in [0.2, 0.25) is 0 Å². The topological polar surface area (TPSA) is 47.7 Å². The van der Waals surface area contributed by atoms with Crippen molar-refractivity contribution in [3.8, 4) is 33.5 Å². The van der Waals surface area contributed by atoms with Crippen LogP contribution in [0.15, 0.2) is 218 Å². The number of nitrogens with one attached hydrogen (secondary N) is 2. The van der Waals surface area contributed by atoms with Gasteiger partial charge in [-0.05, 0) is 97.4 Å². The second-order valence-electron chi connectivity index (χ2n) is 17.4. The molecule has 64 heavy (non-hydrogen) atoms. The normalized spacial score (nSPS) is 12.9. The lowest BCUT2D eigenvalue weighted by Gasteiger charge is -2.42. The molecule has 0 radical (unpaired) electrons. The van der Waals surface area contributed by atoms with Crippen LogP contribution in [0, 0.1) is 0 Å². The van der Waals surface area contributed by atoms with E-state index in [1.54, 1.807) is 0 Å². The number of benzene rings is 10. The Hall–Kier alpha value is -8.21. The minimum Gasteiger partial charge on any atom is -0.354 e. The molecule has 0 aliphatic carbocycles. The van der Waals surface area contributed by atoms with Crippen LogP contribution >= 0.6 is 0 Å². The van der Waals surface area contributed by atoms with Gasteiger partial charge in [0.15, 0.2) is 0 Å². The van der Waals surface area contributed by atoms with Gasteiger partial charge in [-0.3, -0.25) is 5.10 Å². The molecule has 2 aromatic heterocycles. The molecule has 0 saturated heterocycles. The second kappa shape index (κ2) is 15.0. The van der Waals surface area contributed by atoms with Gasteiger partial charge in [0.1, 0.15) is 0 Å². The molecule has 0 bridgehead atoms. The van der Waals surface area contributed by atoms with E-state index in [4.69, 9.17) is 0 Å². The van der Waals surface area contributed by atoms with Gasteiger partial charge in [-0.2, -0.15) is 5.10 Å². The summed E-state index contributed by atoms with van der Waals surface area (Å²) < 4.78 is 0. The molecule has 4 nitrogen and oxygen atoms in total. The van der Waals surface area contributed by atoms with Crippen LogP contribution in [-0.2, 0) is 5.41 Å². The van der Waals surface area contributed by atoms with Gasteiger partial charge in [-0.25, -0.2) is 0 Å². The Labute approximate surface area is 372 Å². The van der Waals surface area contributed by atoms with Crippen LogP contribution < -0.4 is 4.90 Å². The first-order valence-corrected chi connectivity index (χ1v) is 22.0. The van der Waals surface area contributed by atoms with Crippen molar-refractivity contribution in [2.75, 3.05) is 4.90 Å². The third-order valence-electron chi connectivity index (χ3n) is 13.3. The van der Waals surface area contributed by atoms with E-state index >= 15 is 0 Å². The van der Waals surface area contributed by atoms with Crippen LogP contribution in [0.4, 0.5) is 17.1 Å². The molecule has 0 amide bonds. The number of fused-ring (bicyclic) bond motifs is 9. The molecule has 0 atom stereocenters. The summed E-state index contributed by atoms with van der Waals surface area (Å²) in [7, 11) is 0. The Morgan fingerprint density at radius 2 is 1.03 bits per heavy atom. The lowest BCUT2D eigenvalue weighted by atomic mass is 9.73. The summed E-state index contributed by atoms with van der Waals surface area (Å²) in [5, 5.41) is 16.4. The molecule has 0 unspecified atom stereocenters. The standard InChI is InChI=1S/C37H28N2.C23H16N2/c1-37(2)30-14-8-9-15-34(30)39(27-11-4-3-5-12-27)35-23-26(17-20-31(35)37)25-16-19-29-33(22-25)38-32-21-18-24-10-6-7-13-28(24)36(29)32;1-2-8-19-16(6-1)7-5-10-20(19)17-12-14-18(15-13-17)23-21-9-3-4-11-22(21)24-25-23/h3-23,38H,1-2H3;1-15H,(H,24,25). The number of aromatic amines is 2. The molecule has 0 fully saturated rings. The fraction of sp³-hybridized carbons (Fsp3) is 0.0500. The van der Waals surface area contributed by atoms with Gasteiger partial charge in [-0.1, -0.05) is 190 Å². The van der Waals surface area contributed by atoms with Gasteiger partial charge in [0.05, 0.1) is 22.6 Å². The van der Waals surface area contributed by atoms with Gasteiger partial charge in [0.25, 0.3) is 0 Å². The van der Waals surface area contributed by atoms with E-state index in [1.165, 1.54) is 93.8 Å². The van der Waals surface area contributed by atoms with Crippen LogP contribution in [0.5, 0.6) is 0 Å². The Kier molecular flexibility index (Phi) is 8.80. The maximum absolute atomic E-state index is 4.49. The molecule has 13 rings (SSSR count). The monoisotopic (exact) mass is 820 g/mol.